The van der Waals surface area contributed by atoms with Crippen molar-refractivity contribution in [3.8, 4) is 17.0 Å². The third-order valence-corrected chi connectivity index (χ3v) is 8.03. The number of sulfone groups is 1. The van der Waals surface area contributed by atoms with E-state index < -0.39 is 9.84 Å². The largest absolute Gasteiger partial charge is 0.507 e. The SMILES string of the molecule is CS(=O)(=O)c1ccc([C@H](CC(=O)Nc2cnc(-c3ccccc3O)cn2)CC2CCCC2)cc1Cl. The highest BCUT2D eigenvalue weighted by atomic mass is 35.5. The molecule has 0 unspecified atom stereocenters. The van der Waals surface area contributed by atoms with Crippen LogP contribution in [0.2, 0.25) is 5.02 Å². The van der Waals surface area contributed by atoms with Gasteiger partial charge in [0.25, 0.3) is 0 Å². The van der Waals surface area contributed by atoms with Crippen LogP contribution in [0.5, 0.6) is 5.75 Å². The number of aromatic hydroxyl groups is 1. The summed E-state index contributed by atoms with van der Waals surface area (Å²) in [6, 6.07) is 11.8. The van der Waals surface area contributed by atoms with Gasteiger partial charge >= 0.3 is 0 Å². The normalized spacial score (nSPS) is 15.1. The second-order valence-electron chi connectivity index (χ2n) is 9.10. The Balaban J connectivity index is 1.49. The zero-order valence-electron chi connectivity index (χ0n) is 19.4. The minimum Gasteiger partial charge on any atom is -0.507 e. The van der Waals surface area contributed by atoms with Gasteiger partial charge in [0.05, 0.1) is 28.0 Å². The molecule has 4 rings (SSSR count). The van der Waals surface area contributed by atoms with Gasteiger partial charge in [0.1, 0.15) is 5.75 Å². The first kappa shape index (κ1) is 25.1. The number of benzene rings is 2. The fourth-order valence-electron chi connectivity index (χ4n) is 4.70. The Bertz CT molecular complexity index is 1310. The van der Waals surface area contributed by atoms with Crippen LogP contribution in [-0.4, -0.2) is 35.7 Å². The van der Waals surface area contributed by atoms with Gasteiger partial charge in [0, 0.05) is 18.2 Å². The van der Waals surface area contributed by atoms with E-state index in [9.17, 15) is 18.3 Å². The average molecular weight is 514 g/mol. The number of hydrogen-bond donors (Lipinski definition) is 2. The lowest BCUT2D eigenvalue weighted by molar-refractivity contribution is -0.116. The van der Waals surface area contributed by atoms with Crippen LogP contribution in [0.1, 0.15) is 50.0 Å². The second kappa shape index (κ2) is 10.7. The summed E-state index contributed by atoms with van der Waals surface area (Å²) in [6.07, 6.45) is 9.79. The van der Waals surface area contributed by atoms with Gasteiger partial charge in [-0.3, -0.25) is 9.78 Å². The van der Waals surface area contributed by atoms with Crippen molar-refractivity contribution in [3.05, 3.63) is 65.4 Å². The minimum atomic E-state index is -3.43. The van der Waals surface area contributed by atoms with Gasteiger partial charge in [0.15, 0.2) is 15.7 Å². The standard InChI is InChI=1S/C26H28ClN3O4S/c1-35(33,34)24-11-10-18(13-21(24)27)19(12-17-6-2-3-7-17)14-26(32)30-25-16-28-22(15-29-25)20-8-4-5-9-23(20)31/h4-5,8-11,13,15-17,19,31H,2-3,6-7,12,14H2,1H3,(H,29,30,32)/t19-/m0/s1. The van der Waals surface area contributed by atoms with Crippen molar-refractivity contribution in [2.24, 2.45) is 5.92 Å². The molecule has 1 amide bonds. The van der Waals surface area contributed by atoms with Gasteiger partial charge in [-0.2, -0.15) is 0 Å². The number of carbonyl (C=O) groups excluding carboxylic acids is 1. The molecule has 9 heteroatoms. The highest BCUT2D eigenvalue weighted by molar-refractivity contribution is 7.90. The Morgan fingerprint density at radius 2 is 1.89 bits per heavy atom. The molecule has 1 atom stereocenters. The smallest absolute Gasteiger partial charge is 0.226 e. The third kappa shape index (κ3) is 6.38. The summed E-state index contributed by atoms with van der Waals surface area (Å²) in [5.41, 5.74) is 1.91. The van der Waals surface area contributed by atoms with Gasteiger partial charge in [-0.1, -0.05) is 55.5 Å². The number of anilines is 1. The van der Waals surface area contributed by atoms with E-state index in [2.05, 4.69) is 15.3 Å². The Morgan fingerprint density at radius 1 is 1.14 bits per heavy atom. The molecule has 1 heterocycles. The number of carbonyl (C=O) groups is 1. The summed E-state index contributed by atoms with van der Waals surface area (Å²) in [5.74, 6) is 0.644. The lowest BCUT2D eigenvalue weighted by Crippen LogP contribution is -2.18. The maximum atomic E-state index is 12.9. The van der Waals surface area contributed by atoms with Crippen LogP contribution in [-0.2, 0) is 14.6 Å². The molecule has 0 saturated heterocycles. The van der Waals surface area contributed by atoms with Crippen molar-refractivity contribution >= 4 is 33.2 Å². The molecule has 2 aromatic carbocycles. The van der Waals surface area contributed by atoms with E-state index in [1.807, 2.05) is 0 Å². The number of nitrogens with one attached hydrogen (secondary N) is 1. The topological polar surface area (TPSA) is 109 Å². The molecule has 7 nitrogen and oxygen atoms in total. The van der Waals surface area contributed by atoms with Crippen LogP contribution in [0.25, 0.3) is 11.3 Å². The molecule has 0 bridgehead atoms. The maximum Gasteiger partial charge on any atom is 0.226 e. The van der Waals surface area contributed by atoms with Crippen molar-refractivity contribution in [1.29, 1.82) is 0 Å². The van der Waals surface area contributed by atoms with E-state index >= 15 is 0 Å². The number of phenols is 1. The maximum absolute atomic E-state index is 12.9. The molecule has 1 aliphatic rings. The summed E-state index contributed by atoms with van der Waals surface area (Å²) in [4.78, 5) is 21.6. The Hall–Kier alpha value is -2.97. The fourth-order valence-corrected chi connectivity index (χ4v) is 6.03. The fraction of sp³-hybridized carbons (Fsp3) is 0.346. The van der Waals surface area contributed by atoms with Crippen molar-refractivity contribution in [2.45, 2.75) is 49.3 Å². The molecule has 184 valence electrons. The van der Waals surface area contributed by atoms with Gasteiger partial charge in [-0.05, 0) is 48.1 Å². The zero-order chi connectivity index (χ0) is 25.0. The first-order valence-electron chi connectivity index (χ1n) is 11.6. The Morgan fingerprint density at radius 3 is 2.51 bits per heavy atom. The van der Waals surface area contributed by atoms with Crippen molar-refractivity contribution in [2.75, 3.05) is 11.6 Å². The van der Waals surface area contributed by atoms with Crippen LogP contribution >= 0.6 is 11.6 Å². The molecular weight excluding hydrogens is 486 g/mol. The number of amides is 1. The predicted molar refractivity (Wildman–Crippen MR) is 136 cm³/mol. The van der Waals surface area contributed by atoms with Gasteiger partial charge in [-0.15, -0.1) is 0 Å². The van der Waals surface area contributed by atoms with E-state index in [4.69, 9.17) is 11.6 Å². The molecule has 0 spiro atoms. The lowest BCUT2D eigenvalue weighted by Gasteiger charge is -2.21. The van der Waals surface area contributed by atoms with E-state index in [0.717, 1.165) is 31.1 Å². The third-order valence-electron chi connectivity index (χ3n) is 6.45. The predicted octanol–water partition coefficient (Wildman–Crippen LogP) is 5.60. The van der Waals surface area contributed by atoms with E-state index in [-0.39, 0.29) is 33.9 Å². The van der Waals surface area contributed by atoms with Gasteiger partial charge < -0.3 is 10.4 Å². The van der Waals surface area contributed by atoms with Crippen LogP contribution < -0.4 is 5.32 Å². The van der Waals surface area contributed by atoms with Crippen LogP contribution in [0.3, 0.4) is 0 Å². The molecule has 0 aliphatic heterocycles. The molecule has 0 radical (unpaired) electrons. The summed E-state index contributed by atoms with van der Waals surface area (Å²) in [5, 5.41) is 13.0. The lowest BCUT2D eigenvalue weighted by atomic mass is 9.85. The number of nitrogens with zero attached hydrogens (tertiary/aromatic N) is 2. The van der Waals surface area contributed by atoms with E-state index in [0.29, 0.717) is 23.0 Å². The summed E-state index contributed by atoms with van der Waals surface area (Å²) >= 11 is 6.30. The van der Waals surface area contributed by atoms with Gasteiger partial charge in [0.2, 0.25) is 5.91 Å². The first-order chi connectivity index (χ1) is 16.7. The molecule has 1 saturated carbocycles. The monoisotopic (exact) mass is 513 g/mol. The first-order valence-corrected chi connectivity index (χ1v) is 13.9. The molecule has 2 N–H and O–H groups in total. The number of phenolic OH excluding ortho intramolecular Hbond substituents is 1. The molecule has 35 heavy (non-hydrogen) atoms. The van der Waals surface area contributed by atoms with Crippen molar-refractivity contribution in [3.63, 3.8) is 0 Å². The Labute approximate surface area is 210 Å². The molecule has 1 aliphatic carbocycles. The summed E-state index contributed by atoms with van der Waals surface area (Å²) < 4.78 is 23.9. The molecule has 1 aromatic heterocycles. The number of hydrogen-bond acceptors (Lipinski definition) is 6. The zero-order valence-corrected chi connectivity index (χ0v) is 21.0. The molecule has 1 fully saturated rings. The Kier molecular flexibility index (Phi) is 7.72. The summed E-state index contributed by atoms with van der Waals surface area (Å²) in [6.45, 7) is 0. The van der Waals surface area contributed by atoms with Crippen molar-refractivity contribution in [1.82, 2.24) is 9.97 Å². The molecular formula is C26H28ClN3O4S. The number of aromatic nitrogens is 2. The van der Waals surface area contributed by atoms with Crippen LogP contribution in [0.4, 0.5) is 5.82 Å². The van der Waals surface area contributed by atoms with Crippen LogP contribution in [0, 0.1) is 5.92 Å². The average Bonchev–Trinajstić information content (AvgIpc) is 3.32. The van der Waals surface area contributed by atoms with Gasteiger partial charge in [-0.25, -0.2) is 13.4 Å². The van der Waals surface area contributed by atoms with Crippen molar-refractivity contribution < 1.29 is 18.3 Å². The number of rotatable bonds is 8. The van der Waals surface area contributed by atoms with E-state index in [1.54, 1.807) is 36.4 Å². The quantitative estimate of drug-likeness (QED) is 0.406. The van der Waals surface area contributed by atoms with Crippen LogP contribution in [0.15, 0.2) is 59.8 Å². The molecule has 3 aromatic rings. The number of halogens is 1. The second-order valence-corrected chi connectivity index (χ2v) is 11.5. The highest BCUT2D eigenvalue weighted by Crippen LogP contribution is 2.37. The summed E-state index contributed by atoms with van der Waals surface area (Å²) in [7, 11) is -3.43. The highest BCUT2D eigenvalue weighted by Gasteiger charge is 2.25. The minimum absolute atomic E-state index is 0.0896. The van der Waals surface area contributed by atoms with E-state index in [1.165, 1.54) is 31.3 Å². The number of para-hydroxylation sites is 1.